The number of pyridine rings is 1. The van der Waals surface area contributed by atoms with Crippen molar-refractivity contribution >= 4 is 16.6 Å². The third-order valence-electron chi connectivity index (χ3n) is 3.89. The van der Waals surface area contributed by atoms with E-state index >= 15 is 0 Å². The van der Waals surface area contributed by atoms with Gasteiger partial charge in [-0.2, -0.15) is 0 Å². The van der Waals surface area contributed by atoms with Gasteiger partial charge >= 0.3 is 0 Å². The monoisotopic (exact) mass is 292 g/mol. The van der Waals surface area contributed by atoms with Gasteiger partial charge in [-0.1, -0.05) is 30.3 Å². The van der Waals surface area contributed by atoms with Crippen LogP contribution in [0.25, 0.3) is 10.9 Å². The number of benzene rings is 2. The first-order valence-corrected chi connectivity index (χ1v) is 7.36. The molecule has 2 aromatic carbocycles. The molecule has 0 atom stereocenters. The number of methoxy groups -OCH3 is 1. The summed E-state index contributed by atoms with van der Waals surface area (Å²) in [6, 6.07) is 18.4. The van der Waals surface area contributed by atoms with E-state index in [2.05, 4.69) is 60.5 Å². The predicted octanol–water partition coefficient (Wildman–Crippen LogP) is 4.59. The maximum atomic E-state index is 5.23. The van der Waals surface area contributed by atoms with Crippen LogP contribution in [0.3, 0.4) is 0 Å². The molecule has 0 aliphatic rings. The molecule has 0 radical (unpaired) electrons. The molecular formula is C19H20N2O. The molecular weight excluding hydrogens is 272 g/mol. The number of para-hydroxylation sites is 1. The second-order valence-electron chi connectivity index (χ2n) is 5.86. The minimum Gasteiger partial charge on any atom is -0.497 e. The zero-order valence-electron chi connectivity index (χ0n) is 13.1. The summed E-state index contributed by atoms with van der Waals surface area (Å²) in [5.74, 6) is 0.867. The van der Waals surface area contributed by atoms with Crippen molar-refractivity contribution in [2.45, 2.75) is 19.4 Å². The largest absolute Gasteiger partial charge is 0.497 e. The molecule has 0 aliphatic heterocycles. The van der Waals surface area contributed by atoms with Crippen LogP contribution in [-0.4, -0.2) is 12.1 Å². The molecule has 0 fully saturated rings. The summed E-state index contributed by atoms with van der Waals surface area (Å²) in [5.41, 5.74) is 3.02. The van der Waals surface area contributed by atoms with Crippen molar-refractivity contribution in [1.29, 1.82) is 0 Å². The molecule has 0 saturated carbocycles. The molecule has 1 heterocycles. The van der Waals surface area contributed by atoms with E-state index in [4.69, 9.17) is 4.74 Å². The number of rotatable bonds is 4. The third kappa shape index (κ3) is 2.75. The van der Waals surface area contributed by atoms with E-state index in [1.165, 1.54) is 5.56 Å². The van der Waals surface area contributed by atoms with Crippen LogP contribution in [0.15, 0.2) is 60.8 Å². The molecule has 3 aromatic rings. The lowest BCUT2D eigenvalue weighted by Gasteiger charge is -2.29. The standard InChI is InChI=1S/C19H20N2O/c1-19(2,15-9-11-16(22-3)12-10-15)21-17-8-4-6-14-7-5-13-20-18(14)17/h4-13,21H,1-3H3. The minimum absolute atomic E-state index is 0.210. The van der Waals surface area contributed by atoms with Crippen molar-refractivity contribution in [1.82, 2.24) is 4.98 Å². The third-order valence-corrected chi connectivity index (χ3v) is 3.89. The Morgan fingerprint density at radius 2 is 1.68 bits per heavy atom. The van der Waals surface area contributed by atoms with Gasteiger partial charge in [-0.05, 0) is 43.7 Å². The van der Waals surface area contributed by atoms with Crippen molar-refractivity contribution in [3.8, 4) is 5.75 Å². The van der Waals surface area contributed by atoms with Crippen LogP contribution in [0.1, 0.15) is 19.4 Å². The average molecular weight is 292 g/mol. The summed E-state index contributed by atoms with van der Waals surface area (Å²) in [6.45, 7) is 4.33. The Balaban J connectivity index is 1.95. The number of aromatic nitrogens is 1. The molecule has 0 unspecified atom stereocenters. The van der Waals surface area contributed by atoms with Crippen LogP contribution in [0.4, 0.5) is 5.69 Å². The molecule has 3 nitrogen and oxygen atoms in total. The van der Waals surface area contributed by atoms with Crippen molar-refractivity contribution in [3.05, 3.63) is 66.4 Å². The van der Waals surface area contributed by atoms with Gasteiger partial charge in [0.2, 0.25) is 0 Å². The molecule has 0 spiro atoms. The molecule has 3 heteroatoms. The molecule has 0 saturated heterocycles. The zero-order valence-corrected chi connectivity index (χ0v) is 13.1. The predicted molar refractivity (Wildman–Crippen MR) is 91.4 cm³/mol. The molecule has 3 rings (SSSR count). The Morgan fingerprint density at radius 3 is 2.41 bits per heavy atom. The normalized spacial score (nSPS) is 11.4. The highest BCUT2D eigenvalue weighted by molar-refractivity contribution is 5.90. The van der Waals surface area contributed by atoms with Gasteiger partial charge in [-0.25, -0.2) is 0 Å². The lowest BCUT2D eigenvalue weighted by Crippen LogP contribution is -2.28. The number of fused-ring (bicyclic) bond motifs is 1. The Bertz CT molecular complexity index is 774. The molecule has 112 valence electrons. The van der Waals surface area contributed by atoms with Crippen LogP contribution in [-0.2, 0) is 5.54 Å². The highest BCUT2D eigenvalue weighted by Gasteiger charge is 2.21. The van der Waals surface area contributed by atoms with Gasteiger partial charge in [0.25, 0.3) is 0 Å². The van der Waals surface area contributed by atoms with Crippen molar-refractivity contribution in [2.75, 3.05) is 12.4 Å². The van der Waals surface area contributed by atoms with Crippen molar-refractivity contribution < 1.29 is 4.74 Å². The summed E-state index contributed by atoms with van der Waals surface area (Å²) < 4.78 is 5.23. The van der Waals surface area contributed by atoms with E-state index in [1.54, 1.807) is 7.11 Å². The zero-order chi connectivity index (χ0) is 15.6. The van der Waals surface area contributed by atoms with Gasteiger partial charge in [0, 0.05) is 11.6 Å². The number of nitrogens with zero attached hydrogens (tertiary/aromatic N) is 1. The Hall–Kier alpha value is -2.55. The summed E-state index contributed by atoms with van der Waals surface area (Å²) in [6.07, 6.45) is 1.83. The lowest BCUT2D eigenvalue weighted by atomic mass is 9.93. The minimum atomic E-state index is -0.210. The number of anilines is 1. The van der Waals surface area contributed by atoms with E-state index in [0.29, 0.717) is 0 Å². The van der Waals surface area contributed by atoms with Gasteiger partial charge < -0.3 is 10.1 Å². The van der Waals surface area contributed by atoms with Crippen molar-refractivity contribution in [3.63, 3.8) is 0 Å². The lowest BCUT2D eigenvalue weighted by molar-refractivity contribution is 0.414. The van der Waals surface area contributed by atoms with Gasteiger partial charge in [-0.3, -0.25) is 4.98 Å². The second-order valence-corrected chi connectivity index (χ2v) is 5.86. The van der Waals surface area contributed by atoms with Gasteiger partial charge in [-0.15, -0.1) is 0 Å². The average Bonchev–Trinajstić information content (AvgIpc) is 2.55. The number of nitrogens with one attached hydrogen (secondary N) is 1. The van der Waals surface area contributed by atoms with Crippen molar-refractivity contribution in [2.24, 2.45) is 0 Å². The van der Waals surface area contributed by atoms with Gasteiger partial charge in [0.05, 0.1) is 23.9 Å². The summed E-state index contributed by atoms with van der Waals surface area (Å²) in [7, 11) is 1.68. The van der Waals surface area contributed by atoms with E-state index in [-0.39, 0.29) is 5.54 Å². The Morgan fingerprint density at radius 1 is 0.955 bits per heavy atom. The van der Waals surface area contributed by atoms with Crippen LogP contribution >= 0.6 is 0 Å². The smallest absolute Gasteiger partial charge is 0.118 e. The molecule has 0 bridgehead atoms. The van der Waals surface area contributed by atoms with Crippen LogP contribution in [0, 0.1) is 0 Å². The molecule has 1 N–H and O–H groups in total. The SMILES string of the molecule is COc1ccc(C(C)(C)Nc2cccc3cccnc23)cc1. The molecule has 1 aromatic heterocycles. The van der Waals surface area contributed by atoms with Crippen LogP contribution in [0.2, 0.25) is 0 Å². The first kappa shape index (κ1) is 14.4. The maximum Gasteiger partial charge on any atom is 0.118 e. The van der Waals surface area contributed by atoms with Crippen LogP contribution < -0.4 is 10.1 Å². The van der Waals surface area contributed by atoms with E-state index < -0.39 is 0 Å². The maximum absolute atomic E-state index is 5.23. The quantitative estimate of drug-likeness (QED) is 0.763. The molecule has 22 heavy (non-hydrogen) atoms. The summed E-state index contributed by atoms with van der Waals surface area (Å²) >= 11 is 0. The topological polar surface area (TPSA) is 34.1 Å². The summed E-state index contributed by atoms with van der Waals surface area (Å²) in [4.78, 5) is 4.50. The van der Waals surface area contributed by atoms with E-state index in [9.17, 15) is 0 Å². The van der Waals surface area contributed by atoms with Gasteiger partial charge in [0.1, 0.15) is 5.75 Å². The Kier molecular flexibility index (Phi) is 3.72. The number of ether oxygens (including phenoxy) is 1. The fourth-order valence-corrected chi connectivity index (χ4v) is 2.62. The van der Waals surface area contributed by atoms with Crippen LogP contribution in [0.5, 0.6) is 5.75 Å². The van der Waals surface area contributed by atoms with Gasteiger partial charge in [0.15, 0.2) is 0 Å². The first-order valence-electron chi connectivity index (χ1n) is 7.36. The summed E-state index contributed by atoms with van der Waals surface area (Å²) in [5, 5.41) is 4.75. The highest BCUT2D eigenvalue weighted by atomic mass is 16.5. The number of hydrogen-bond donors (Lipinski definition) is 1. The first-order chi connectivity index (χ1) is 10.6. The van der Waals surface area contributed by atoms with E-state index in [1.807, 2.05) is 24.4 Å². The second kappa shape index (κ2) is 5.68. The molecule has 0 aliphatic carbocycles. The fourth-order valence-electron chi connectivity index (χ4n) is 2.62. The highest BCUT2D eigenvalue weighted by Crippen LogP contribution is 2.30. The Labute approximate surface area is 131 Å². The molecule has 0 amide bonds. The fraction of sp³-hybridized carbons (Fsp3) is 0.211. The number of hydrogen-bond acceptors (Lipinski definition) is 3. The van der Waals surface area contributed by atoms with E-state index in [0.717, 1.165) is 22.3 Å².